The highest BCUT2D eigenvalue weighted by atomic mass is 32.2. The molecule has 5 heteroatoms. The third kappa shape index (κ3) is 5.42. The molecule has 1 N–H and O–H groups in total. The molecule has 0 aliphatic carbocycles. The highest BCUT2D eigenvalue weighted by Crippen LogP contribution is 2.20. The Morgan fingerprint density at radius 3 is 2.33 bits per heavy atom. The molecule has 2 atom stereocenters. The molecule has 0 unspecified atom stereocenters. The summed E-state index contributed by atoms with van der Waals surface area (Å²) in [5, 5.41) is 3.39. The summed E-state index contributed by atoms with van der Waals surface area (Å²) in [5.41, 5.74) is 2.56. The van der Waals surface area contributed by atoms with Crippen LogP contribution in [-0.4, -0.2) is 20.7 Å². The molecule has 0 heterocycles. The van der Waals surface area contributed by atoms with Gasteiger partial charge in [0.05, 0.1) is 5.75 Å². The first-order chi connectivity index (χ1) is 11.3. The van der Waals surface area contributed by atoms with Crippen LogP contribution in [0.3, 0.4) is 0 Å². The van der Waals surface area contributed by atoms with Crippen molar-refractivity contribution in [3.8, 4) is 0 Å². The first-order valence-corrected chi connectivity index (χ1v) is 10.1. The predicted octanol–water partition coefficient (Wildman–Crippen LogP) is 3.65. The number of rotatable bonds is 7. The maximum atomic E-state index is 13.6. The molecule has 2 rings (SSSR count). The fourth-order valence-corrected chi connectivity index (χ4v) is 3.52. The largest absolute Gasteiger partial charge is 0.310 e. The van der Waals surface area contributed by atoms with Crippen molar-refractivity contribution in [3.63, 3.8) is 0 Å². The average molecular weight is 349 g/mol. The highest BCUT2D eigenvalue weighted by Gasteiger charge is 2.15. The summed E-state index contributed by atoms with van der Waals surface area (Å²) in [4.78, 5) is 0. The van der Waals surface area contributed by atoms with Gasteiger partial charge in [0.15, 0.2) is 9.84 Å². The molecule has 0 fully saturated rings. The van der Waals surface area contributed by atoms with Crippen molar-refractivity contribution in [2.75, 3.05) is 6.26 Å². The molecule has 0 aliphatic rings. The van der Waals surface area contributed by atoms with Crippen LogP contribution in [0.4, 0.5) is 4.39 Å². The van der Waals surface area contributed by atoms with Crippen LogP contribution in [0.2, 0.25) is 0 Å². The summed E-state index contributed by atoms with van der Waals surface area (Å²) in [6, 6.07) is 14.6. The lowest BCUT2D eigenvalue weighted by molar-refractivity contribution is 0.478. The molecule has 0 spiro atoms. The topological polar surface area (TPSA) is 46.2 Å². The van der Waals surface area contributed by atoms with Gasteiger partial charge in [-0.2, -0.15) is 0 Å². The second-order valence-electron chi connectivity index (χ2n) is 6.35. The molecule has 3 nitrogen and oxygen atoms in total. The van der Waals surface area contributed by atoms with Crippen LogP contribution in [0, 0.1) is 5.82 Å². The van der Waals surface area contributed by atoms with Gasteiger partial charge >= 0.3 is 0 Å². The van der Waals surface area contributed by atoms with Crippen molar-refractivity contribution in [2.45, 2.75) is 38.1 Å². The Kier molecular flexibility index (Phi) is 6.13. The second-order valence-corrected chi connectivity index (χ2v) is 8.49. The molecule has 0 saturated carbocycles. The monoisotopic (exact) mass is 349 g/mol. The fourth-order valence-electron chi connectivity index (χ4n) is 2.68. The van der Waals surface area contributed by atoms with Gasteiger partial charge in [-0.3, -0.25) is 0 Å². The van der Waals surface area contributed by atoms with E-state index in [1.807, 2.05) is 18.2 Å². The van der Waals surface area contributed by atoms with Crippen LogP contribution in [0.25, 0.3) is 0 Å². The van der Waals surface area contributed by atoms with Crippen molar-refractivity contribution in [1.29, 1.82) is 0 Å². The predicted molar refractivity (Wildman–Crippen MR) is 96.1 cm³/mol. The molecule has 0 saturated heterocycles. The minimum Gasteiger partial charge on any atom is -0.310 e. The zero-order chi connectivity index (χ0) is 17.7. The van der Waals surface area contributed by atoms with Gasteiger partial charge in [0.2, 0.25) is 0 Å². The molecular formula is C19H24FNO2S. The van der Waals surface area contributed by atoms with E-state index in [0.717, 1.165) is 0 Å². The molecule has 0 bridgehead atoms. The van der Waals surface area contributed by atoms with Crippen LogP contribution in [0.1, 0.15) is 36.5 Å². The van der Waals surface area contributed by atoms with Gasteiger partial charge in [0, 0.05) is 18.8 Å². The van der Waals surface area contributed by atoms with E-state index in [2.05, 4.69) is 31.3 Å². The van der Waals surface area contributed by atoms with Gasteiger partial charge in [-0.15, -0.1) is 0 Å². The van der Waals surface area contributed by atoms with E-state index in [0.29, 0.717) is 17.7 Å². The van der Waals surface area contributed by atoms with Gasteiger partial charge < -0.3 is 5.32 Å². The van der Waals surface area contributed by atoms with Crippen LogP contribution in [0.5, 0.6) is 0 Å². The third-order valence-corrected chi connectivity index (χ3v) is 5.11. The molecule has 0 radical (unpaired) electrons. The Balaban J connectivity index is 2.09. The third-order valence-electron chi connectivity index (χ3n) is 4.28. The fraction of sp³-hybridized carbons (Fsp3) is 0.368. The van der Waals surface area contributed by atoms with Crippen molar-refractivity contribution in [1.82, 2.24) is 5.32 Å². The molecule has 0 aliphatic heterocycles. The van der Waals surface area contributed by atoms with Crippen LogP contribution >= 0.6 is 0 Å². The summed E-state index contributed by atoms with van der Waals surface area (Å²) < 4.78 is 36.7. The zero-order valence-corrected chi connectivity index (χ0v) is 15.1. The molecule has 0 aromatic heterocycles. The molecule has 24 heavy (non-hydrogen) atoms. The Labute approximate surface area is 143 Å². The number of sulfone groups is 1. The Morgan fingerprint density at radius 1 is 1.04 bits per heavy atom. The van der Waals surface area contributed by atoms with Crippen molar-refractivity contribution in [2.24, 2.45) is 0 Å². The minimum atomic E-state index is -3.16. The van der Waals surface area contributed by atoms with E-state index >= 15 is 0 Å². The summed E-state index contributed by atoms with van der Waals surface area (Å²) in [6.45, 7) is 4.64. The average Bonchev–Trinajstić information content (AvgIpc) is 2.53. The van der Waals surface area contributed by atoms with Crippen molar-refractivity contribution in [3.05, 3.63) is 71.0 Å². The maximum absolute atomic E-state index is 13.6. The zero-order valence-electron chi connectivity index (χ0n) is 14.3. The van der Waals surface area contributed by atoms with Crippen molar-refractivity contribution < 1.29 is 12.8 Å². The highest BCUT2D eigenvalue weighted by molar-refractivity contribution is 7.89. The van der Waals surface area contributed by atoms with Crippen molar-refractivity contribution >= 4 is 9.84 Å². The normalized spacial score (nSPS) is 14.3. The number of nitrogens with one attached hydrogen (secondary N) is 1. The van der Waals surface area contributed by atoms with E-state index in [-0.39, 0.29) is 23.5 Å². The smallest absolute Gasteiger partial charge is 0.151 e. The van der Waals surface area contributed by atoms with E-state index in [9.17, 15) is 12.8 Å². The number of benzene rings is 2. The maximum Gasteiger partial charge on any atom is 0.151 e. The van der Waals surface area contributed by atoms with Gasteiger partial charge in [0.1, 0.15) is 5.82 Å². The SMILES string of the molecule is C[C@H](c1ccccc1)[C@@H](C)NCc1cc(F)ccc1CS(C)(=O)=O. The first kappa shape index (κ1) is 18.6. The summed E-state index contributed by atoms with van der Waals surface area (Å²) in [5.74, 6) is -0.140. The molecule has 2 aromatic rings. The Hall–Kier alpha value is -1.72. The minimum absolute atomic E-state index is 0.0765. The van der Waals surface area contributed by atoms with E-state index in [4.69, 9.17) is 0 Å². The van der Waals surface area contributed by atoms with Gasteiger partial charge in [-0.25, -0.2) is 12.8 Å². The van der Waals surface area contributed by atoms with Gasteiger partial charge in [-0.1, -0.05) is 43.3 Å². The second kappa shape index (κ2) is 7.90. The molecule has 130 valence electrons. The van der Waals surface area contributed by atoms with Crippen LogP contribution < -0.4 is 5.32 Å². The summed E-state index contributed by atoms with van der Waals surface area (Å²) in [7, 11) is -3.16. The molecule has 0 amide bonds. The number of halogens is 1. The van der Waals surface area contributed by atoms with E-state index in [1.54, 1.807) is 6.07 Å². The molecular weight excluding hydrogens is 325 g/mol. The lowest BCUT2D eigenvalue weighted by Gasteiger charge is -2.22. The van der Waals surface area contributed by atoms with Gasteiger partial charge in [-0.05, 0) is 41.7 Å². The standard InChI is InChI=1S/C19H24FNO2S/c1-14(16-7-5-4-6-8-16)15(2)21-12-18-11-19(20)10-9-17(18)13-24(3,22)23/h4-11,14-15,21H,12-13H2,1-3H3/t14-,15+/m0/s1. The van der Waals surface area contributed by atoms with E-state index in [1.165, 1.54) is 24.0 Å². The van der Waals surface area contributed by atoms with E-state index < -0.39 is 9.84 Å². The molecule has 2 aromatic carbocycles. The number of hydrogen-bond donors (Lipinski definition) is 1. The lowest BCUT2D eigenvalue weighted by Crippen LogP contribution is -2.31. The number of hydrogen-bond acceptors (Lipinski definition) is 3. The summed E-state index contributed by atoms with van der Waals surface area (Å²) >= 11 is 0. The quantitative estimate of drug-likeness (QED) is 0.830. The van der Waals surface area contributed by atoms with Crippen LogP contribution in [-0.2, 0) is 22.1 Å². The summed E-state index contributed by atoms with van der Waals surface area (Å²) in [6.07, 6.45) is 1.19. The van der Waals surface area contributed by atoms with Crippen LogP contribution in [0.15, 0.2) is 48.5 Å². The Bertz CT molecular complexity index is 775. The Morgan fingerprint density at radius 2 is 1.71 bits per heavy atom. The first-order valence-electron chi connectivity index (χ1n) is 7.99. The van der Waals surface area contributed by atoms with Gasteiger partial charge in [0.25, 0.3) is 0 Å². The lowest BCUT2D eigenvalue weighted by atomic mass is 9.94.